The van der Waals surface area contributed by atoms with Crippen molar-refractivity contribution >= 4 is 15.7 Å². The second kappa shape index (κ2) is 5.74. The van der Waals surface area contributed by atoms with E-state index in [-0.39, 0.29) is 4.90 Å². The summed E-state index contributed by atoms with van der Waals surface area (Å²) in [5.41, 5.74) is 1.52. The summed E-state index contributed by atoms with van der Waals surface area (Å²) in [6.07, 6.45) is 3.71. The van der Waals surface area contributed by atoms with Gasteiger partial charge in [-0.05, 0) is 49.3 Å². The highest BCUT2D eigenvalue weighted by Crippen LogP contribution is 2.32. The highest BCUT2D eigenvalue weighted by atomic mass is 32.2. The van der Waals surface area contributed by atoms with E-state index < -0.39 is 10.0 Å². The molecule has 20 heavy (non-hydrogen) atoms. The average Bonchev–Trinajstić information content (AvgIpc) is 2.34. The van der Waals surface area contributed by atoms with E-state index in [0.717, 1.165) is 5.69 Å². The molecule has 3 N–H and O–H groups in total. The van der Waals surface area contributed by atoms with E-state index in [1.54, 1.807) is 19.1 Å². The minimum Gasteiger partial charge on any atom is -0.382 e. The molecule has 0 aliphatic heterocycles. The lowest BCUT2D eigenvalue weighted by atomic mass is 9.78. The van der Waals surface area contributed by atoms with E-state index >= 15 is 0 Å². The predicted octanol–water partition coefficient (Wildman–Crippen LogP) is 2.88. The first-order chi connectivity index (χ1) is 9.29. The number of rotatable bonds is 3. The number of hydrogen-bond acceptors (Lipinski definition) is 3. The van der Waals surface area contributed by atoms with Crippen molar-refractivity contribution in [1.82, 2.24) is 0 Å². The van der Waals surface area contributed by atoms with Crippen molar-refractivity contribution in [2.24, 2.45) is 17.0 Å². The van der Waals surface area contributed by atoms with E-state index in [9.17, 15) is 8.42 Å². The molecule has 0 amide bonds. The first-order valence-corrected chi connectivity index (χ1v) is 8.73. The molecular formula is C15H24N2O2S. The van der Waals surface area contributed by atoms with Crippen molar-refractivity contribution in [2.45, 2.75) is 51.0 Å². The van der Waals surface area contributed by atoms with Crippen LogP contribution in [0.4, 0.5) is 5.69 Å². The van der Waals surface area contributed by atoms with Gasteiger partial charge in [0.1, 0.15) is 0 Å². The number of hydrogen-bond donors (Lipinski definition) is 2. The summed E-state index contributed by atoms with van der Waals surface area (Å²) in [4.78, 5) is 0.207. The quantitative estimate of drug-likeness (QED) is 0.901. The number of aryl methyl sites for hydroxylation is 1. The minimum absolute atomic E-state index is 0.207. The maximum Gasteiger partial charge on any atom is 0.238 e. The second-order valence-corrected chi connectivity index (χ2v) is 7.61. The van der Waals surface area contributed by atoms with Crippen LogP contribution in [0, 0.1) is 18.8 Å². The van der Waals surface area contributed by atoms with Gasteiger partial charge in [-0.25, -0.2) is 13.6 Å². The third-order valence-electron chi connectivity index (χ3n) is 4.37. The Hall–Kier alpha value is -1.07. The smallest absolute Gasteiger partial charge is 0.238 e. The van der Waals surface area contributed by atoms with Crippen molar-refractivity contribution in [3.8, 4) is 0 Å². The Balaban J connectivity index is 2.26. The third-order valence-corrected chi connectivity index (χ3v) is 5.43. The summed E-state index contributed by atoms with van der Waals surface area (Å²) >= 11 is 0. The fourth-order valence-electron chi connectivity index (χ4n) is 3.16. The number of nitrogens with one attached hydrogen (secondary N) is 1. The van der Waals surface area contributed by atoms with Gasteiger partial charge in [0.2, 0.25) is 10.0 Å². The number of benzene rings is 1. The Bertz CT molecular complexity index is 574. The van der Waals surface area contributed by atoms with Crippen LogP contribution in [0.3, 0.4) is 0 Å². The second-order valence-electron chi connectivity index (χ2n) is 6.08. The molecule has 1 aromatic rings. The number of nitrogens with two attached hydrogens (primary N) is 1. The predicted molar refractivity (Wildman–Crippen MR) is 82.1 cm³/mol. The summed E-state index contributed by atoms with van der Waals surface area (Å²) in [6, 6.07) is 5.77. The van der Waals surface area contributed by atoms with Crippen molar-refractivity contribution in [3.63, 3.8) is 0 Å². The summed E-state index contributed by atoms with van der Waals surface area (Å²) in [5, 5.41) is 8.76. The minimum atomic E-state index is -3.66. The highest BCUT2D eigenvalue weighted by Gasteiger charge is 2.27. The van der Waals surface area contributed by atoms with Gasteiger partial charge in [0.15, 0.2) is 0 Å². The highest BCUT2D eigenvalue weighted by molar-refractivity contribution is 7.89. The van der Waals surface area contributed by atoms with E-state index in [1.165, 1.54) is 19.3 Å². The average molecular weight is 296 g/mol. The maximum absolute atomic E-state index is 11.6. The SMILES string of the molecule is Cc1ccc(NC2C(C)CCCC2C)cc1S(N)(=O)=O. The molecule has 0 radical (unpaired) electrons. The lowest BCUT2D eigenvalue weighted by molar-refractivity contribution is 0.268. The van der Waals surface area contributed by atoms with Crippen LogP contribution in [-0.4, -0.2) is 14.5 Å². The first-order valence-electron chi connectivity index (χ1n) is 7.19. The van der Waals surface area contributed by atoms with Crippen molar-refractivity contribution < 1.29 is 8.42 Å². The normalized spacial score (nSPS) is 27.3. The third kappa shape index (κ3) is 3.33. The van der Waals surface area contributed by atoms with Gasteiger partial charge >= 0.3 is 0 Å². The molecular weight excluding hydrogens is 272 g/mol. The van der Waals surface area contributed by atoms with Crippen LogP contribution in [0.5, 0.6) is 0 Å². The molecule has 1 saturated carbocycles. The molecule has 1 aliphatic rings. The topological polar surface area (TPSA) is 72.2 Å². The molecule has 2 atom stereocenters. The first kappa shape index (κ1) is 15.3. The molecule has 2 rings (SSSR count). The van der Waals surface area contributed by atoms with Gasteiger partial charge in [0.05, 0.1) is 4.90 Å². The summed E-state index contributed by atoms with van der Waals surface area (Å²) in [5.74, 6) is 1.19. The van der Waals surface area contributed by atoms with Gasteiger partial charge in [-0.3, -0.25) is 0 Å². The molecule has 0 aromatic heterocycles. The lowest BCUT2D eigenvalue weighted by Crippen LogP contribution is -2.37. The zero-order valence-corrected chi connectivity index (χ0v) is 13.2. The fourth-order valence-corrected chi connectivity index (χ4v) is 3.96. The molecule has 0 bridgehead atoms. The van der Waals surface area contributed by atoms with Crippen LogP contribution in [0.25, 0.3) is 0 Å². The summed E-state index contributed by atoms with van der Waals surface area (Å²) in [6.45, 7) is 6.26. The monoisotopic (exact) mass is 296 g/mol. The van der Waals surface area contributed by atoms with Crippen LogP contribution < -0.4 is 10.5 Å². The van der Waals surface area contributed by atoms with E-state index in [2.05, 4.69) is 19.2 Å². The molecule has 1 aromatic carbocycles. The molecule has 1 aliphatic carbocycles. The fraction of sp³-hybridized carbons (Fsp3) is 0.600. The van der Waals surface area contributed by atoms with Crippen molar-refractivity contribution in [1.29, 1.82) is 0 Å². The summed E-state index contributed by atoms with van der Waals surface area (Å²) in [7, 11) is -3.66. The van der Waals surface area contributed by atoms with Gasteiger partial charge in [-0.2, -0.15) is 0 Å². The number of anilines is 1. The molecule has 0 heterocycles. The molecule has 0 saturated heterocycles. The van der Waals surface area contributed by atoms with Crippen LogP contribution in [-0.2, 0) is 10.0 Å². The Morgan fingerprint density at radius 3 is 2.35 bits per heavy atom. The molecule has 1 fully saturated rings. The Kier molecular flexibility index (Phi) is 4.39. The Morgan fingerprint density at radius 1 is 1.20 bits per heavy atom. The molecule has 2 unspecified atom stereocenters. The van der Waals surface area contributed by atoms with Gasteiger partial charge in [-0.15, -0.1) is 0 Å². The van der Waals surface area contributed by atoms with Crippen LogP contribution in [0.15, 0.2) is 23.1 Å². The number of primary sulfonamides is 1. The van der Waals surface area contributed by atoms with E-state index in [1.807, 2.05) is 6.07 Å². The Labute approximate surface area is 121 Å². The van der Waals surface area contributed by atoms with E-state index in [0.29, 0.717) is 23.4 Å². The zero-order valence-electron chi connectivity index (χ0n) is 12.4. The summed E-state index contributed by atoms with van der Waals surface area (Å²) < 4.78 is 23.2. The van der Waals surface area contributed by atoms with Crippen LogP contribution in [0.1, 0.15) is 38.7 Å². The van der Waals surface area contributed by atoms with Crippen LogP contribution in [0.2, 0.25) is 0 Å². The van der Waals surface area contributed by atoms with Gasteiger partial charge in [0.25, 0.3) is 0 Å². The molecule has 112 valence electrons. The van der Waals surface area contributed by atoms with Gasteiger partial charge in [0, 0.05) is 11.7 Å². The van der Waals surface area contributed by atoms with Crippen LogP contribution >= 0.6 is 0 Å². The molecule has 4 nitrogen and oxygen atoms in total. The maximum atomic E-state index is 11.6. The standard InChI is InChI=1S/C15H24N2O2S/c1-10-7-8-13(9-14(10)20(16,18)19)17-15-11(2)5-4-6-12(15)3/h7-9,11-12,15,17H,4-6H2,1-3H3,(H2,16,18,19). The van der Waals surface area contributed by atoms with E-state index in [4.69, 9.17) is 5.14 Å². The van der Waals surface area contributed by atoms with Crippen molar-refractivity contribution in [3.05, 3.63) is 23.8 Å². The largest absolute Gasteiger partial charge is 0.382 e. The number of sulfonamides is 1. The molecule has 5 heteroatoms. The molecule has 0 spiro atoms. The van der Waals surface area contributed by atoms with Gasteiger partial charge in [-0.1, -0.05) is 26.3 Å². The zero-order chi connectivity index (χ0) is 14.9. The Morgan fingerprint density at radius 2 is 1.80 bits per heavy atom. The lowest BCUT2D eigenvalue weighted by Gasteiger charge is -2.36. The van der Waals surface area contributed by atoms with Crippen molar-refractivity contribution in [2.75, 3.05) is 5.32 Å². The van der Waals surface area contributed by atoms with Gasteiger partial charge < -0.3 is 5.32 Å².